The molecule has 1 saturated heterocycles. The van der Waals surface area contributed by atoms with Crippen molar-refractivity contribution in [3.63, 3.8) is 0 Å². The highest BCUT2D eigenvalue weighted by atomic mass is 16.5. The molecule has 1 atom stereocenters. The fourth-order valence-electron chi connectivity index (χ4n) is 3.02. The Hall–Kier alpha value is -0.850. The number of methoxy groups -OCH3 is 1. The molecular weight excluding hydrogens is 280 g/mol. The topological polar surface area (TPSA) is 49.3 Å². The molecule has 0 amide bonds. The Morgan fingerprint density at radius 3 is 2.73 bits per heavy atom. The molecule has 0 aromatic rings. The van der Waals surface area contributed by atoms with Gasteiger partial charge < -0.3 is 19.7 Å². The zero-order valence-corrected chi connectivity index (χ0v) is 14.4. The van der Waals surface area contributed by atoms with Crippen molar-refractivity contribution in [1.82, 2.24) is 15.1 Å². The molecule has 0 aromatic heterocycles. The maximum Gasteiger partial charge on any atom is 0.193 e. The first-order valence-corrected chi connectivity index (χ1v) is 8.47. The van der Waals surface area contributed by atoms with Gasteiger partial charge in [-0.15, -0.1) is 0 Å². The Labute approximate surface area is 134 Å². The van der Waals surface area contributed by atoms with Crippen LogP contribution in [0.1, 0.15) is 19.3 Å². The van der Waals surface area contributed by atoms with E-state index in [9.17, 15) is 0 Å². The van der Waals surface area contributed by atoms with Crippen LogP contribution in [0, 0.1) is 5.92 Å². The highest BCUT2D eigenvalue weighted by Gasteiger charge is 2.28. The summed E-state index contributed by atoms with van der Waals surface area (Å²) in [7, 11) is 5.73. The number of nitrogens with one attached hydrogen (secondary N) is 1. The summed E-state index contributed by atoms with van der Waals surface area (Å²) >= 11 is 0. The van der Waals surface area contributed by atoms with Crippen LogP contribution in [0.5, 0.6) is 0 Å². The maximum atomic E-state index is 5.45. The lowest BCUT2D eigenvalue weighted by atomic mass is 10.1. The van der Waals surface area contributed by atoms with Gasteiger partial charge in [-0.2, -0.15) is 0 Å². The fourth-order valence-corrected chi connectivity index (χ4v) is 3.02. The van der Waals surface area contributed by atoms with Crippen molar-refractivity contribution in [1.29, 1.82) is 0 Å². The number of ether oxygens (including phenoxy) is 2. The minimum Gasteiger partial charge on any atom is -0.383 e. The molecule has 1 N–H and O–H groups in total. The molecular formula is C16H32N4O2. The minimum atomic E-state index is 0.633. The third-order valence-corrected chi connectivity index (χ3v) is 4.46. The Morgan fingerprint density at radius 2 is 2.14 bits per heavy atom. The first-order valence-electron chi connectivity index (χ1n) is 8.47. The van der Waals surface area contributed by atoms with Crippen LogP contribution < -0.4 is 5.32 Å². The fraction of sp³-hybridized carbons (Fsp3) is 0.938. The van der Waals surface area contributed by atoms with Gasteiger partial charge in [0.15, 0.2) is 5.96 Å². The van der Waals surface area contributed by atoms with Gasteiger partial charge in [0, 0.05) is 66.0 Å². The van der Waals surface area contributed by atoms with Gasteiger partial charge in [0.2, 0.25) is 0 Å². The quantitative estimate of drug-likeness (QED) is 0.500. The van der Waals surface area contributed by atoms with E-state index in [1.807, 2.05) is 7.05 Å². The van der Waals surface area contributed by atoms with Crippen LogP contribution in [-0.2, 0) is 9.47 Å². The van der Waals surface area contributed by atoms with Gasteiger partial charge in [-0.1, -0.05) is 0 Å². The normalized spacial score (nSPS) is 22.4. The van der Waals surface area contributed by atoms with E-state index in [-0.39, 0.29) is 0 Å². The van der Waals surface area contributed by atoms with E-state index in [2.05, 4.69) is 27.2 Å². The molecule has 6 nitrogen and oxygen atoms in total. The third kappa shape index (κ3) is 5.74. The Bertz CT molecular complexity index is 341. The number of rotatable bonds is 9. The number of hydrogen-bond acceptors (Lipinski definition) is 4. The molecule has 0 aromatic carbocycles. The zero-order chi connectivity index (χ0) is 15.8. The SMILES string of the molecule is CN=C(NCCN(CCOC)C1CC1)N(C)CC1CCOC1. The third-order valence-electron chi connectivity index (χ3n) is 4.46. The molecule has 22 heavy (non-hydrogen) atoms. The molecule has 2 aliphatic rings. The summed E-state index contributed by atoms with van der Waals surface area (Å²) < 4.78 is 10.7. The smallest absolute Gasteiger partial charge is 0.193 e. The summed E-state index contributed by atoms with van der Waals surface area (Å²) in [4.78, 5) is 9.14. The van der Waals surface area contributed by atoms with Crippen molar-refractivity contribution in [2.24, 2.45) is 10.9 Å². The lowest BCUT2D eigenvalue weighted by Crippen LogP contribution is -2.45. The van der Waals surface area contributed by atoms with Gasteiger partial charge in [0.05, 0.1) is 13.2 Å². The van der Waals surface area contributed by atoms with Crippen LogP contribution >= 0.6 is 0 Å². The molecule has 2 rings (SSSR count). The van der Waals surface area contributed by atoms with Gasteiger partial charge in [0.1, 0.15) is 0 Å². The number of nitrogens with zero attached hydrogens (tertiary/aromatic N) is 3. The van der Waals surface area contributed by atoms with E-state index < -0.39 is 0 Å². The van der Waals surface area contributed by atoms with E-state index in [1.165, 1.54) is 12.8 Å². The summed E-state index contributed by atoms with van der Waals surface area (Å²) in [5.41, 5.74) is 0. The van der Waals surface area contributed by atoms with E-state index in [4.69, 9.17) is 9.47 Å². The van der Waals surface area contributed by atoms with E-state index >= 15 is 0 Å². The van der Waals surface area contributed by atoms with Crippen molar-refractivity contribution in [2.45, 2.75) is 25.3 Å². The maximum absolute atomic E-state index is 5.45. The predicted octanol–water partition coefficient (Wildman–Crippen LogP) is 0.641. The van der Waals surface area contributed by atoms with Crippen molar-refractivity contribution < 1.29 is 9.47 Å². The molecule has 6 heteroatoms. The van der Waals surface area contributed by atoms with Crippen LogP contribution in [0.4, 0.5) is 0 Å². The lowest BCUT2D eigenvalue weighted by Gasteiger charge is -2.26. The number of guanidine groups is 1. The van der Waals surface area contributed by atoms with Gasteiger partial charge in [-0.05, 0) is 19.3 Å². The summed E-state index contributed by atoms with van der Waals surface area (Å²) in [5.74, 6) is 1.61. The van der Waals surface area contributed by atoms with Gasteiger partial charge in [-0.3, -0.25) is 9.89 Å². The molecule has 0 spiro atoms. The van der Waals surface area contributed by atoms with E-state index in [1.54, 1.807) is 7.11 Å². The highest BCUT2D eigenvalue weighted by molar-refractivity contribution is 5.79. The summed E-state index contributed by atoms with van der Waals surface area (Å²) in [6, 6.07) is 0.771. The number of aliphatic imine (C=N–C) groups is 1. The summed E-state index contributed by atoms with van der Waals surface area (Å²) in [6.45, 7) is 6.61. The minimum absolute atomic E-state index is 0.633. The van der Waals surface area contributed by atoms with Gasteiger partial charge >= 0.3 is 0 Å². The van der Waals surface area contributed by atoms with E-state index in [0.717, 1.165) is 64.4 Å². The Balaban J connectivity index is 1.68. The molecule has 2 fully saturated rings. The van der Waals surface area contributed by atoms with Crippen molar-refractivity contribution in [3.05, 3.63) is 0 Å². The van der Waals surface area contributed by atoms with Crippen LogP contribution in [0.25, 0.3) is 0 Å². The highest BCUT2D eigenvalue weighted by Crippen LogP contribution is 2.25. The molecule has 1 aliphatic heterocycles. The standard InChI is InChI=1S/C16H32N4O2/c1-17-16(19(2)12-14-6-10-22-13-14)18-7-8-20(9-11-21-3)15-4-5-15/h14-15H,4-13H2,1-3H3,(H,17,18). The van der Waals surface area contributed by atoms with Crippen LogP contribution in [0.15, 0.2) is 4.99 Å². The number of hydrogen-bond donors (Lipinski definition) is 1. The average molecular weight is 312 g/mol. The first kappa shape index (κ1) is 17.5. The van der Waals surface area contributed by atoms with Crippen molar-refractivity contribution >= 4 is 5.96 Å². The van der Waals surface area contributed by atoms with E-state index in [0.29, 0.717) is 5.92 Å². The Kier molecular flexibility index (Phi) is 7.42. The summed E-state index contributed by atoms with van der Waals surface area (Å²) in [6.07, 6.45) is 3.83. The van der Waals surface area contributed by atoms with Crippen molar-refractivity contribution in [2.75, 3.05) is 67.2 Å². The Morgan fingerprint density at radius 1 is 1.32 bits per heavy atom. The molecule has 0 radical (unpaired) electrons. The summed E-state index contributed by atoms with van der Waals surface area (Å²) in [5, 5.41) is 3.49. The monoisotopic (exact) mass is 312 g/mol. The van der Waals surface area contributed by atoms with Gasteiger partial charge in [0.25, 0.3) is 0 Å². The van der Waals surface area contributed by atoms with Crippen LogP contribution in [-0.4, -0.2) is 89.0 Å². The molecule has 1 aliphatic carbocycles. The zero-order valence-electron chi connectivity index (χ0n) is 14.4. The van der Waals surface area contributed by atoms with Crippen LogP contribution in [0.2, 0.25) is 0 Å². The molecule has 0 bridgehead atoms. The first-order chi connectivity index (χ1) is 10.7. The molecule has 128 valence electrons. The second-order valence-electron chi connectivity index (χ2n) is 6.34. The largest absolute Gasteiger partial charge is 0.383 e. The van der Waals surface area contributed by atoms with Gasteiger partial charge in [-0.25, -0.2) is 0 Å². The predicted molar refractivity (Wildman–Crippen MR) is 89.4 cm³/mol. The molecule has 1 unspecified atom stereocenters. The second kappa shape index (κ2) is 9.33. The average Bonchev–Trinajstić information content (AvgIpc) is 3.24. The second-order valence-corrected chi connectivity index (χ2v) is 6.34. The lowest BCUT2D eigenvalue weighted by molar-refractivity contribution is 0.144. The molecule has 1 saturated carbocycles. The molecule has 1 heterocycles. The van der Waals surface area contributed by atoms with Crippen molar-refractivity contribution in [3.8, 4) is 0 Å². The van der Waals surface area contributed by atoms with Crippen LogP contribution in [0.3, 0.4) is 0 Å².